The van der Waals surface area contributed by atoms with Crippen LogP contribution in [0.5, 0.6) is 0 Å². The third-order valence-corrected chi connectivity index (χ3v) is 6.05. The van der Waals surface area contributed by atoms with Crippen molar-refractivity contribution in [2.75, 3.05) is 18.9 Å². The Morgan fingerprint density at radius 1 is 1.30 bits per heavy atom. The normalized spacial score (nSPS) is 24.6. The van der Waals surface area contributed by atoms with Gasteiger partial charge in [-0.3, -0.25) is 9.59 Å². The topological polar surface area (TPSA) is 75.7 Å². The van der Waals surface area contributed by atoms with E-state index in [9.17, 15) is 27.6 Å². The number of carbonyl (C=O) groups is 3. The maximum atomic E-state index is 12.4. The van der Waals surface area contributed by atoms with Gasteiger partial charge in [0.2, 0.25) is 5.91 Å². The number of carbonyl (C=O) groups excluding carboxylic acids is 3. The summed E-state index contributed by atoms with van der Waals surface area (Å²) in [7, 11) is 0. The van der Waals surface area contributed by atoms with Crippen LogP contribution in [0.3, 0.4) is 0 Å². The molecular formula is C17H17F3N2O4S. The van der Waals surface area contributed by atoms with Gasteiger partial charge in [0.05, 0.1) is 0 Å². The molecule has 6 nitrogen and oxygen atoms in total. The minimum Gasteiger partial charge on any atom is -0.454 e. The number of hydrogen-bond donors (Lipinski definition) is 1. The Labute approximate surface area is 157 Å². The van der Waals surface area contributed by atoms with E-state index in [2.05, 4.69) is 0 Å². The second kappa shape index (κ2) is 7.41. The van der Waals surface area contributed by atoms with E-state index in [4.69, 9.17) is 4.74 Å². The average molecular weight is 402 g/mol. The second-order valence-corrected chi connectivity index (χ2v) is 7.54. The van der Waals surface area contributed by atoms with Crippen LogP contribution in [0, 0.1) is 0 Å². The van der Waals surface area contributed by atoms with E-state index in [1.807, 2.05) is 30.3 Å². The lowest BCUT2D eigenvalue weighted by Crippen LogP contribution is -2.47. The van der Waals surface area contributed by atoms with Gasteiger partial charge in [-0.2, -0.15) is 13.2 Å². The summed E-state index contributed by atoms with van der Waals surface area (Å²) in [5.74, 6) is -1.73. The first-order chi connectivity index (χ1) is 12.7. The number of rotatable bonds is 5. The fourth-order valence-corrected chi connectivity index (χ4v) is 4.93. The highest BCUT2D eigenvalue weighted by atomic mass is 32.2. The molecule has 27 heavy (non-hydrogen) atoms. The Balaban J connectivity index is 1.65. The third kappa shape index (κ3) is 4.05. The van der Waals surface area contributed by atoms with E-state index in [0.29, 0.717) is 12.2 Å². The molecule has 10 heteroatoms. The zero-order chi connectivity index (χ0) is 19.7. The summed E-state index contributed by atoms with van der Waals surface area (Å²) < 4.78 is 41.1. The van der Waals surface area contributed by atoms with Crippen molar-refractivity contribution in [1.29, 1.82) is 0 Å². The predicted octanol–water partition coefficient (Wildman–Crippen LogP) is 1.80. The average Bonchev–Trinajstić information content (AvgIpc) is 3.17. The maximum absolute atomic E-state index is 12.4. The molecule has 2 amide bonds. The smallest absolute Gasteiger partial charge is 0.405 e. The van der Waals surface area contributed by atoms with Crippen molar-refractivity contribution < 1.29 is 32.3 Å². The van der Waals surface area contributed by atoms with E-state index >= 15 is 0 Å². The lowest BCUT2D eigenvalue weighted by atomic mass is 10.0. The molecule has 146 valence electrons. The van der Waals surface area contributed by atoms with Crippen LogP contribution in [0.1, 0.15) is 18.4 Å². The molecule has 1 aromatic rings. The van der Waals surface area contributed by atoms with Crippen LogP contribution in [0.4, 0.5) is 13.2 Å². The summed E-state index contributed by atoms with van der Waals surface area (Å²) in [6.45, 7) is -2.32. The van der Waals surface area contributed by atoms with Gasteiger partial charge in [0.1, 0.15) is 17.5 Å². The fourth-order valence-electron chi connectivity index (χ4n) is 3.30. The van der Waals surface area contributed by atoms with E-state index < -0.39 is 42.1 Å². The van der Waals surface area contributed by atoms with Crippen molar-refractivity contribution in [3.05, 3.63) is 35.9 Å². The molecule has 0 radical (unpaired) electrons. The van der Waals surface area contributed by atoms with Crippen LogP contribution < -0.4 is 5.32 Å². The third-order valence-electron chi connectivity index (χ3n) is 4.46. The Kier molecular flexibility index (Phi) is 5.36. The summed E-state index contributed by atoms with van der Waals surface area (Å²) in [6, 6.07) is 8.45. The molecule has 0 aliphatic carbocycles. The summed E-state index contributed by atoms with van der Waals surface area (Å²) in [5.41, 5.74) is 0.902. The van der Waals surface area contributed by atoms with Gasteiger partial charge >= 0.3 is 12.1 Å². The summed E-state index contributed by atoms with van der Waals surface area (Å²) in [6.07, 6.45) is -3.70. The molecule has 1 N–H and O–H groups in total. The minimum atomic E-state index is -4.54. The molecule has 2 atom stereocenters. The van der Waals surface area contributed by atoms with Gasteiger partial charge in [-0.05, 0) is 12.0 Å². The highest BCUT2D eigenvalue weighted by Gasteiger charge is 2.57. The standard InChI is InChI=1S/C17H17F3N2O4S/c18-17(19,20)10-21-13(23)8-26-15(25)12-9-27-16(7-6-14(24)22(12)16)11-4-2-1-3-5-11/h1-5,12H,6-10H2,(H,21,23)/t12-,16-/m1/s1. The number of benzene rings is 1. The van der Waals surface area contributed by atoms with Crippen LogP contribution in [-0.2, 0) is 24.0 Å². The lowest BCUT2D eigenvalue weighted by molar-refractivity contribution is -0.157. The number of nitrogens with zero attached hydrogens (tertiary/aromatic N) is 1. The molecule has 0 saturated carbocycles. The molecule has 2 fully saturated rings. The van der Waals surface area contributed by atoms with E-state index in [1.54, 1.807) is 5.32 Å². The van der Waals surface area contributed by atoms with Crippen molar-refractivity contribution in [3.8, 4) is 0 Å². The molecule has 2 aliphatic rings. The number of ether oxygens (including phenoxy) is 1. The van der Waals surface area contributed by atoms with Gasteiger partial charge < -0.3 is 15.0 Å². The molecule has 2 saturated heterocycles. The monoisotopic (exact) mass is 402 g/mol. The largest absolute Gasteiger partial charge is 0.454 e. The lowest BCUT2D eigenvalue weighted by Gasteiger charge is -2.33. The molecule has 1 aromatic carbocycles. The quantitative estimate of drug-likeness (QED) is 0.761. The van der Waals surface area contributed by atoms with E-state index in [1.165, 1.54) is 16.7 Å². The predicted molar refractivity (Wildman–Crippen MR) is 90.5 cm³/mol. The number of halogens is 3. The number of esters is 1. The highest BCUT2D eigenvalue weighted by Crippen LogP contribution is 2.54. The van der Waals surface area contributed by atoms with Gasteiger partial charge in [-0.25, -0.2) is 4.79 Å². The Bertz CT molecular complexity index is 743. The zero-order valence-electron chi connectivity index (χ0n) is 14.1. The zero-order valence-corrected chi connectivity index (χ0v) is 14.9. The van der Waals surface area contributed by atoms with Gasteiger partial charge in [-0.1, -0.05) is 30.3 Å². The first kappa shape index (κ1) is 19.5. The van der Waals surface area contributed by atoms with Gasteiger partial charge in [0, 0.05) is 12.2 Å². The van der Waals surface area contributed by atoms with Crippen molar-refractivity contribution >= 4 is 29.5 Å². The van der Waals surface area contributed by atoms with E-state index in [-0.39, 0.29) is 12.3 Å². The van der Waals surface area contributed by atoms with E-state index in [0.717, 1.165) is 5.56 Å². The van der Waals surface area contributed by atoms with Gasteiger partial charge in [0.15, 0.2) is 6.61 Å². The first-order valence-electron chi connectivity index (χ1n) is 8.25. The minimum absolute atomic E-state index is 0.188. The van der Waals surface area contributed by atoms with Crippen LogP contribution in [0.2, 0.25) is 0 Å². The van der Waals surface area contributed by atoms with Gasteiger partial charge in [0.25, 0.3) is 5.91 Å². The van der Waals surface area contributed by atoms with Crippen molar-refractivity contribution in [3.63, 3.8) is 0 Å². The molecule has 3 rings (SSSR count). The van der Waals surface area contributed by atoms with Crippen LogP contribution in [0.15, 0.2) is 30.3 Å². The fraction of sp³-hybridized carbons (Fsp3) is 0.471. The summed E-state index contributed by atoms with van der Waals surface area (Å²) >= 11 is 1.46. The summed E-state index contributed by atoms with van der Waals surface area (Å²) in [4.78, 5) is 37.0. The maximum Gasteiger partial charge on any atom is 0.405 e. The molecule has 0 unspecified atom stereocenters. The number of thioether (sulfide) groups is 1. The van der Waals surface area contributed by atoms with Crippen LogP contribution >= 0.6 is 11.8 Å². The van der Waals surface area contributed by atoms with Gasteiger partial charge in [-0.15, -0.1) is 11.8 Å². The Hall–Kier alpha value is -2.23. The van der Waals surface area contributed by atoms with Crippen LogP contribution in [0.25, 0.3) is 0 Å². The molecule has 0 bridgehead atoms. The number of alkyl halides is 3. The number of fused-ring (bicyclic) bond motifs is 1. The second-order valence-electron chi connectivity index (χ2n) is 6.24. The number of hydrogen-bond acceptors (Lipinski definition) is 5. The SMILES string of the molecule is O=C(COC(=O)[C@H]1CS[C@@]2(c3ccccc3)CCC(=O)N12)NCC(F)(F)F. The Morgan fingerprint density at radius 3 is 2.67 bits per heavy atom. The van der Waals surface area contributed by atoms with Crippen LogP contribution in [-0.4, -0.2) is 53.8 Å². The molecule has 2 aliphatic heterocycles. The molecule has 0 spiro atoms. The Morgan fingerprint density at radius 2 is 2.00 bits per heavy atom. The molecule has 0 aromatic heterocycles. The van der Waals surface area contributed by atoms with Crippen molar-refractivity contribution in [2.45, 2.75) is 29.9 Å². The molecular weight excluding hydrogens is 385 g/mol. The molecule has 2 heterocycles. The first-order valence-corrected chi connectivity index (χ1v) is 9.23. The highest BCUT2D eigenvalue weighted by molar-refractivity contribution is 8.00. The van der Waals surface area contributed by atoms with Crippen molar-refractivity contribution in [1.82, 2.24) is 10.2 Å². The van der Waals surface area contributed by atoms with Crippen molar-refractivity contribution in [2.24, 2.45) is 0 Å². The number of amides is 2. The number of nitrogens with one attached hydrogen (secondary N) is 1. The summed E-state index contributed by atoms with van der Waals surface area (Å²) in [5, 5.41) is 1.63.